The Bertz CT molecular complexity index is 839. The fraction of sp³-hybridized carbons (Fsp3) is 0.133. The van der Waals surface area contributed by atoms with Gasteiger partial charge in [-0.2, -0.15) is 5.26 Å². The molecule has 21 heavy (non-hydrogen) atoms. The molecule has 0 aliphatic heterocycles. The molecule has 108 valence electrons. The van der Waals surface area contributed by atoms with E-state index < -0.39 is 15.8 Å². The lowest BCUT2D eigenvalue weighted by molar-refractivity contribution is 0.594. The molecule has 0 aliphatic carbocycles. The maximum atomic E-state index is 13.3. The second kappa shape index (κ2) is 5.54. The van der Waals surface area contributed by atoms with Crippen molar-refractivity contribution < 1.29 is 12.8 Å². The molecule has 0 heterocycles. The van der Waals surface area contributed by atoms with Crippen molar-refractivity contribution in [2.24, 2.45) is 0 Å². The van der Waals surface area contributed by atoms with Crippen LogP contribution in [0.3, 0.4) is 0 Å². The van der Waals surface area contributed by atoms with Gasteiger partial charge >= 0.3 is 0 Å². The van der Waals surface area contributed by atoms with Gasteiger partial charge in [0.25, 0.3) is 10.0 Å². The zero-order valence-corrected chi connectivity index (χ0v) is 12.3. The summed E-state index contributed by atoms with van der Waals surface area (Å²) in [5, 5.41) is 8.87. The molecule has 4 nitrogen and oxygen atoms in total. The molecule has 0 unspecified atom stereocenters. The summed E-state index contributed by atoms with van der Waals surface area (Å²) < 4.78 is 40.4. The predicted molar refractivity (Wildman–Crippen MR) is 77.8 cm³/mol. The molecule has 2 aromatic carbocycles. The fourth-order valence-electron chi connectivity index (χ4n) is 1.86. The summed E-state index contributed by atoms with van der Waals surface area (Å²) in [4.78, 5) is -0.121. The second-order valence-electron chi connectivity index (χ2n) is 4.66. The SMILES string of the molecule is Cc1ccc(C#N)cc1NS(=O)(=O)c1cc(F)ccc1C. The minimum absolute atomic E-state index is 0.121. The van der Waals surface area contributed by atoms with Crippen molar-refractivity contribution in [3.63, 3.8) is 0 Å². The van der Waals surface area contributed by atoms with Crippen LogP contribution in [0.4, 0.5) is 10.1 Å². The number of anilines is 1. The van der Waals surface area contributed by atoms with Crippen LogP contribution < -0.4 is 4.72 Å². The molecule has 0 aliphatic rings. The van der Waals surface area contributed by atoms with Crippen molar-refractivity contribution in [1.82, 2.24) is 0 Å². The first kappa shape index (κ1) is 15.0. The predicted octanol–water partition coefficient (Wildman–Crippen LogP) is 3.12. The molecule has 0 saturated carbocycles. The topological polar surface area (TPSA) is 70.0 Å². The average molecular weight is 304 g/mol. The third-order valence-corrected chi connectivity index (χ3v) is 4.56. The molecule has 0 atom stereocenters. The lowest BCUT2D eigenvalue weighted by Crippen LogP contribution is -2.15. The van der Waals surface area contributed by atoms with Crippen LogP contribution in [0.15, 0.2) is 41.3 Å². The van der Waals surface area contributed by atoms with Gasteiger partial charge in [0.2, 0.25) is 0 Å². The van der Waals surface area contributed by atoms with Crippen LogP contribution in [0.5, 0.6) is 0 Å². The minimum Gasteiger partial charge on any atom is -0.279 e. The van der Waals surface area contributed by atoms with E-state index in [0.29, 0.717) is 22.4 Å². The number of benzene rings is 2. The van der Waals surface area contributed by atoms with Gasteiger partial charge in [-0.05, 0) is 49.2 Å². The van der Waals surface area contributed by atoms with E-state index >= 15 is 0 Å². The summed E-state index contributed by atoms with van der Waals surface area (Å²) >= 11 is 0. The van der Waals surface area contributed by atoms with Crippen LogP contribution in [0.1, 0.15) is 16.7 Å². The van der Waals surface area contributed by atoms with Gasteiger partial charge in [-0.1, -0.05) is 12.1 Å². The van der Waals surface area contributed by atoms with Crippen molar-refractivity contribution in [3.05, 3.63) is 58.9 Å². The number of hydrogen-bond acceptors (Lipinski definition) is 3. The molecule has 0 radical (unpaired) electrons. The molecule has 0 spiro atoms. The normalized spacial score (nSPS) is 11.0. The molecule has 0 fully saturated rings. The Kier molecular flexibility index (Phi) is 3.96. The van der Waals surface area contributed by atoms with Crippen LogP contribution in [0.2, 0.25) is 0 Å². The van der Waals surface area contributed by atoms with Gasteiger partial charge in [-0.25, -0.2) is 12.8 Å². The Morgan fingerprint density at radius 2 is 1.76 bits per heavy atom. The Labute approximate surface area is 122 Å². The molecule has 0 saturated heterocycles. The summed E-state index contributed by atoms with van der Waals surface area (Å²) in [5.41, 5.74) is 1.76. The molecule has 1 N–H and O–H groups in total. The number of nitrogens with zero attached hydrogens (tertiary/aromatic N) is 1. The van der Waals surface area contributed by atoms with Gasteiger partial charge in [0.15, 0.2) is 0 Å². The van der Waals surface area contributed by atoms with Crippen LogP contribution in [-0.2, 0) is 10.0 Å². The van der Waals surface area contributed by atoms with E-state index in [1.165, 1.54) is 18.2 Å². The molecule has 0 aromatic heterocycles. The summed E-state index contributed by atoms with van der Waals surface area (Å²) in [5.74, 6) is -0.622. The largest absolute Gasteiger partial charge is 0.279 e. The summed E-state index contributed by atoms with van der Waals surface area (Å²) in [6.45, 7) is 3.31. The van der Waals surface area contributed by atoms with Gasteiger partial charge < -0.3 is 0 Å². The Balaban J connectivity index is 2.47. The first-order valence-corrected chi connectivity index (χ1v) is 7.61. The number of aryl methyl sites for hydroxylation is 2. The smallest absolute Gasteiger partial charge is 0.262 e. The standard InChI is InChI=1S/C15H13FN2O2S/c1-10-3-5-12(9-17)7-14(10)18-21(19,20)15-8-13(16)6-4-11(15)2/h3-8,18H,1-2H3. The molecule has 0 amide bonds. The van der Waals surface area contributed by atoms with E-state index in [9.17, 15) is 12.8 Å². The van der Waals surface area contributed by atoms with E-state index in [1.807, 2.05) is 6.07 Å². The first-order chi connectivity index (χ1) is 9.83. The fourth-order valence-corrected chi connectivity index (χ4v) is 3.24. The maximum Gasteiger partial charge on any atom is 0.262 e. The van der Waals surface area contributed by atoms with Gasteiger partial charge in [0.1, 0.15) is 5.82 Å². The number of hydrogen-bond donors (Lipinski definition) is 1. The molecule has 0 bridgehead atoms. The highest BCUT2D eigenvalue weighted by atomic mass is 32.2. The quantitative estimate of drug-likeness (QED) is 0.947. The van der Waals surface area contributed by atoms with Crippen LogP contribution in [0, 0.1) is 31.0 Å². The number of nitriles is 1. The third kappa shape index (κ3) is 3.20. The zero-order chi connectivity index (χ0) is 15.6. The monoisotopic (exact) mass is 304 g/mol. The van der Waals surface area contributed by atoms with E-state index in [1.54, 1.807) is 26.0 Å². The molecular formula is C15H13FN2O2S. The highest BCUT2D eigenvalue weighted by Gasteiger charge is 2.18. The maximum absolute atomic E-state index is 13.3. The van der Waals surface area contributed by atoms with Crippen molar-refractivity contribution in [3.8, 4) is 6.07 Å². The lowest BCUT2D eigenvalue weighted by atomic mass is 10.1. The van der Waals surface area contributed by atoms with Crippen molar-refractivity contribution >= 4 is 15.7 Å². The van der Waals surface area contributed by atoms with Crippen molar-refractivity contribution in [2.45, 2.75) is 18.7 Å². The van der Waals surface area contributed by atoms with Crippen LogP contribution in [0.25, 0.3) is 0 Å². The summed E-state index contributed by atoms with van der Waals surface area (Å²) in [6, 6.07) is 10.2. The average Bonchev–Trinajstić information content (AvgIpc) is 2.43. The second-order valence-corrected chi connectivity index (χ2v) is 6.31. The van der Waals surface area contributed by atoms with E-state index in [0.717, 1.165) is 6.07 Å². The van der Waals surface area contributed by atoms with Crippen molar-refractivity contribution in [1.29, 1.82) is 5.26 Å². The zero-order valence-electron chi connectivity index (χ0n) is 11.5. The van der Waals surface area contributed by atoms with Gasteiger partial charge in [-0.3, -0.25) is 4.72 Å². The van der Waals surface area contributed by atoms with E-state index in [2.05, 4.69) is 4.72 Å². The van der Waals surface area contributed by atoms with Gasteiger partial charge in [-0.15, -0.1) is 0 Å². The number of nitrogens with one attached hydrogen (secondary N) is 1. The van der Waals surface area contributed by atoms with Crippen LogP contribution in [-0.4, -0.2) is 8.42 Å². The lowest BCUT2D eigenvalue weighted by Gasteiger charge is -2.12. The molecular weight excluding hydrogens is 291 g/mol. The summed E-state index contributed by atoms with van der Waals surface area (Å²) in [7, 11) is -3.91. The highest BCUT2D eigenvalue weighted by Crippen LogP contribution is 2.23. The minimum atomic E-state index is -3.91. The number of sulfonamides is 1. The Hall–Kier alpha value is -2.39. The Morgan fingerprint density at radius 1 is 1.10 bits per heavy atom. The molecule has 2 aromatic rings. The molecule has 6 heteroatoms. The highest BCUT2D eigenvalue weighted by molar-refractivity contribution is 7.92. The van der Waals surface area contributed by atoms with Crippen molar-refractivity contribution in [2.75, 3.05) is 4.72 Å². The number of rotatable bonds is 3. The molecule has 2 rings (SSSR count). The van der Waals surface area contributed by atoms with Crippen LogP contribution >= 0.6 is 0 Å². The Morgan fingerprint density at radius 3 is 2.43 bits per heavy atom. The van der Waals surface area contributed by atoms with Gasteiger partial charge in [0.05, 0.1) is 22.2 Å². The number of halogens is 1. The third-order valence-electron chi connectivity index (χ3n) is 3.05. The summed E-state index contributed by atoms with van der Waals surface area (Å²) in [6.07, 6.45) is 0. The van der Waals surface area contributed by atoms with E-state index in [4.69, 9.17) is 5.26 Å². The van der Waals surface area contributed by atoms with E-state index in [-0.39, 0.29) is 4.90 Å². The van der Waals surface area contributed by atoms with Gasteiger partial charge in [0, 0.05) is 0 Å². The first-order valence-electron chi connectivity index (χ1n) is 6.13.